The Kier molecular flexibility index (Phi) is 19.9. The van der Waals surface area contributed by atoms with Gasteiger partial charge in [0, 0.05) is 0 Å². The number of hydrogen-bond acceptors (Lipinski definition) is 0. The lowest BCUT2D eigenvalue weighted by Crippen LogP contribution is -2.39. The third-order valence-electron chi connectivity index (χ3n) is 44.3. The van der Waals surface area contributed by atoms with E-state index in [1.165, 1.54) is 169 Å². The highest BCUT2D eigenvalue weighted by molar-refractivity contribution is 5.18. The van der Waals surface area contributed by atoms with Crippen LogP contribution < -0.4 is 0 Å². The number of fused-ring (bicyclic) bond motifs is 36. The van der Waals surface area contributed by atoms with Crippen LogP contribution in [0.5, 0.6) is 0 Å². The van der Waals surface area contributed by atoms with Crippen molar-refractivity contribution in [3.05, 3.63) is 0 Å². The molecule has 22 fully saturated rings. The Bertz CT molecular complexity index is 2850. The molecule has 22 saturated carbocycles. The van der Waals surface area contributed by atoms with Crippen LogP contribution in [0.3, 0.4) is 0 Å². The van der Waals surface area contributed by atoms with Crippen molar-refractivity contribution < 1.29 is 0 Å². The van der Waals surface area contributed by atoms with Crippen LogP contribution in [-0.2, 0) is 0 Å². The molecule has 100 heavy (non-hydrogen) atoms. The normalized spacial score (nSPS) is 55.1. The zero-order chi connectivity index (χ0) is 71.3. The molecule has 0 radical (unpaired) electrons. The van der Waals surface area contributed by atoms with Gasteiger partial charge in [-0.25, -0.2) is 0 Å². The minimum atomic E-state index is 0.583. The van der Waals surface area contributed by atoms with Gasteiger partial charge in [0.25, 0.3) is 0 Å². The second-order valence-corrected chi connectivity index (χ2v) is 49.4. The molecule has 0 saturated heterocycles. The Labute approximate surface area is 624 Å². The third-order valence-corrected chi connectivity index (χ3v) is 44.3. The molecule has 22 rings (SSSR count). The summed E-state index contributed by atoms with van der Waals surface area (Å²) in [5.74, 6) is 29.5. The lowest BCUT2D eigenvalue weighted by atomic mass is 9.58. The Hall–Kier alpha value is 0. The van der Waals surface area contributed by atoms with Gasteiger partial charge in [0.05, 0.1) is 0 Å². The predicted molar refractivity (Wildman–Crippen MR) is 429 cm³/mol. The highest BCUT2D eigenvalue weighted by Crippen LogP contribution is 2.77. The summed E-state index contributed by atoms with van der Waals surface area (Å²) in [6.07, 6.45) is 61.4. The molecule has 28 unspecified atom stereocenters. The molecule has 22 aliphatic rings. The van der Waals surface area contributed by atoms with Crippen LogP contribution in [0.25, 0.3) is 0 Å². The van der Waals surface area contributed by atoms with Crippen molar-refractivity contribution in [1.82, 2.24) is 0 Å². The summed E-state index contributed by atoms with van der Waals surface area (Å²) in [5, 5.41) is 0. The monoisotopic (exact) mass is 1370 g/mol. The highest BCUT2D eigenvalue weighted by atomic mass is 14.7. The lowest BCUT2D eigenvalue weighted by Gasteiger charge is -2.46. The van der Waals surface area contributed by atoms with Crippen LogP contribution in [0.2, 0.25) is 0 Å². The van der Waals surface area contributed by atoms with E-state index in [4.69, 9.17) is 0 Å². The summed E-state index contributed by atoms with van der Waals surface area (Å²) >= 11 is 0. The van der Waals surface area contributed by atoms with Gasteiger partial charge in [0.15, 0.2) is 0 Å². The maximum atomic E-state index is 2.60. The molecular weight excluding hydrogens is 1200 g/mol. The number of hydrogen-bond donors (Lipinski definition) is 0. The van der Waals surface area contributed by atoms with E-state index in [0.29, 0.717) is 48.7 Å². The maximum Gasteiger partial charge on any atom is -0.0218 e. The third kappa shape index (κ3) is 11.9. The van der Waals surface area contributed by atoms with Crippen molar-refractivity contribution in [2.75, 3.05) is 0 Å². The standard InChI is InChI=1S/C15H24.C14H22.C14H24.C13H22.C13H24.C12H22.C10H18.C9H16/c1-3-15(2)8-11-7-12(15)14-10-5-4-9(6-10)13(11)14;1-14(2)7-10-6-11(14)13-9-4-3-8(5-9)12(10)13;1-3-14(2)9-10-8-13(14)12-7-5-4-6-11(10)12;1-13(2)8-9-7-12(13)11-6-4-3-5-10(9)11;1-6-12(4)9-10-7-8-13(12,5)11(10,2)3;1-10(2)8-9-6-7-12(10,5)11(9,3)4;1-3-10(2)7-8-4-5-9(10)6-8;1-9(2)6-7-3-4-8(9)5-7/h9-14H,3-8H2,1-2H3;8-13H,3-7H2,1-2H3;10-13H,3-9H2,1-2H3;9-12H,3-8H2,1-2H3;10H,6-9H2,1-5H3;9H,6-8H2,1-5H3;8-9H,3-7H2,1-2H3;7-8H,3-6H2,1-2H3/t9?,10?,11?,12?,13?,14?,15-;;10?,11?,12?,13?,14-;;10?,12-,13?;;8?,9?,10-;/m0.0.0.0./s1. The summed E-state index contributed by atoms with van der Waals surface area (Å²) in [7, 11) is 0. The van der Waals surface area contributed by atoms with Crippen LogP contribution in [0.15, 0.2) is 0 Å². The van der Waals surface area contributed by atoms with E-state index in [1.54, 1.807) is 135 Å². The minimum absolute atomic E-state index is 0.583. The quantitative estimate of drug-likeness (QED) is 0.246. The van der Waals surface area contributed by atoms with Gasteiger partial charge in [0.1, 0.15) is 0 Å². The first kappa shape index (κ1) is 75.4. The van der Waals surface area contributed by atoms with E-state index >= 15 is 0 Å². The van der Waals surface area contributed by atoms with E-state index in [9.17, 15) is 0 Å². The van der Waals surface area contributed by atoms with E-state index in [-0.39, 0.29) is 0 Å². The SMILES string of the molecule is CC1(C)CC2CC1C1C3CCC(C3)C21.CC1(C)CC2CC1C1CCCCC21.CC1(C)CC2CCC1(C)C2(C)C.CC1(C)CC2CCC1C2.CC[C@@]1(C)CC2CC1C1C3CCC(C3)C21.CC[C@@]1(C)CC2CC1C1CCCCC21.CC[C@@]1(C)CC2CCC1(C)C2(C)C.CC[C@@]1(C)CC2CCC1C2. The summed E-state index contributed by atoms with van der Waals surface area (Å²) in [5.41, 5.74) is 7.96. The molecule has 20 bridgehead atoms. The van der Waals surface area contributed by atoms with Gasteiger partial charge in [-0.2, -0.15) is 0 Å². The zero-order valence-corrected chi connectivity index (χ0v) is 71.3. The zero-order valence-electron chi connectivity index (χ0n) is 71.3. The Morgan fingerprint density at radius 3 is 1.08 bits per heavy atom. The van der Waals surface area contributed by atoms with Crippen molar-refractivity contribution in [3.63, 3.8) is 0 Å². The fourth-order valence-corrected chi connectivity index (χ4v) is 37.1. The van der Waals surface area contributed by atoms with Crippen LogP contribution in [0.4, 0.5) is 0 Å². The molecular formula is C100H172. The van der Waals surface area contributed by atoms with Crippen molar-refractivity contribution in [2.45, 2.75) is 409 Å². The summed E-state index contributed by atoms with van der Waals surface area (Å²) in [4.78, 5) is 0. The van der Waals surface area contributed by atoms with E-state index in [2.05, 4.69) is 152 Å². The molecule has 22 aliphatic carbocycles. The summed E-state index contributed by atoms with van der Waals surface area (Å²) in [6, 6.07) is 0. The first-order chi connectivity index (χ1) is 46.9. The van der Waals surface area contributed by atoms with Crippen LogP contribution in [-0.4, -0.2) is 0 Å². The molecule has 0 N–H and O–H groups in total. The summed E-state index contributed by atoms with van der Waals surface area (Å²) in [6.45, 7) is 54.7. The van der Waals surface area contributed by atoms with Gasteiger partial charge in [-0.05, 0) is 411 Å². The first-order valence-electron chi connectivity index (χ1n) is 46.9. The second kappa shape index (κ2) is 26.3. The van der Waals surface area contributed by atoms with Gasteiger partial charge < -0.3 is 0 Å². The van der Waals surface area contributed by atoms with E-state index in [0.717, 1.165) is 123 Å². The highest BCUT2D eigenvalue weighted by Gasteiger charge is 2.69. The van der Waals surface area contributed by atoms with Crippen molar-refractivity contribution in [3.8, 4) is 0 Å². The summed E-state index contributed by atoms with van der Waals surface area (Å²) < 4.78 is 0. The van der Waals surface area contributed by atoms with E-state index < -0.39 is 0 Å². The van der Waals surface area contributed by atoms with Gasteiger partial charge >= 0.3 is 0 Å². The van der Waals surface area contributed by atoms with Crippen molar-refractivity contribution in [1.29, 1.82) is 0 Å². The molecule has 0 aliphatic heterocycles. The van der Waals surface area contributed by atoms with E-state index in [1.807, 2.05) is 0 Å². The predicted octanol–water partition coefficient (Wildman–Crippen LogP) is 30.1. The average molecular weight is 1370 g/mol. The van der Waals surface area contributed by atoms with Gasteiger partial charge in [0.2, 0.25) is 0 Å². The fourth-order valence-electron chi connectivity index (χ4n) is 37.1. The molecule has 32 atom stereocenters. The molecule has 0 aromatic heterocycles. The maximum absolute atomic E-state index is 2.60. The van der Waals surface area contributed by atoms with Crippen LogP contribution in [0, 0.1) is 219 Å². The lowest BCUT2D eigenvalue weighted by molar-refractivity contribution is 0.0257. The molecule has 0 aromatic carbocycles. The largest absolute Gasteiger partial charge is 0.0649 e. The Morgan fingerprint density at radius 2 is 0.670 bits per heavy atom. The van der Waals surface area contributed by atoms with Crippen LogP contribution >= 0.6 is 0 Å². The fraction of sp³-hybridized carbons (Fsp3) is 1.00. The molecule has 0 amide bonds. The Balaban J connectivity index is 0.0000000932. The molecule has 0 nitrogen and oxygen atoms in total. The minimum Gasteiger partial charge on any atom is -0.0649 e. The first-order valence-corrected chi connectivity index (χ1v) is 46.9. The van der Waals surface area contributed by atoms with Gasteiger partial charge in [-0.3, -0.25) is 0 Å². The Morgan fingerprint density at radius 1 is 0.250 bits per heavy atom. The van der Waals surface area contributed by atoms with Crippen molar-refractivity contribution >= 4 is 0 Å². The second-order valence-electron chi connectivity index (χ2n) is 49.4. The molecule has 572 valence electrons. The van der Waals surface area contributed by atoms with Crippen molar-refractivity contribution in [2.24, 2.45) is 219 Å². The molecule has 0 heteroatoms. The smallest absolute Gasteiger partial charge is 0.0218 e. The number of rotatable bonds is 4. The molecule has 0 spiro atoms. The molecule has 0 aromatic rings. The van der Waals surface area contributed by atoms with Crippen LogP contribution in [0.1, 0.15) is 409 Å². The average Bonchev–Trinajstić information content (AvgIpc) is 1.55. The van der Waals surface area contributed by atoms with Gasteiger partial charge in [-0.1, -0.05) is 217 Å². The molecule has 0 heterocycles. The topological polar surface area (TPSA) is 0 Å². The van der Waals surface area contributed by atoms with Gasteiger partial charge in [-0.15, -0.1) is 0 Å².